The molecule has 0 spiro atoms. The fourth-order valence-corrected chi connectivity index (χ4v) is 22.8. The Morgan fingerprint density at radius 2 is 0.518 bits per heavy atom. The van der Waals surface area contributed by atoms with Crippen molar-refractivity contribution in [1.82, 2.24) is 5.58 Å². The summed E-state index contributed by atoms with van der Waals surface area (Å²) >= 11 is -5.46. The number of benzene rings is 4. The van der Waals surface area contributed by atoms with Gasteiger partial charge >= 0.3 is 515 Å². The Balaban J connectivity index is 1.52. The molecule has 2 aromatic heterocycles. The Bertz CT molecular complexity index is 3650. The Morgan fingerprint density at radius 3 is 0.747 bits per heavy atom. The van der Waals surface area contributed by atoms with E-state index in [9.17, 15) is 0 Å². The zero-order valence-electron chi connectivity index (χ0n) is 54.6. The molecule has 0 fully saturated rings. The van der Waals surface area contributed by atoms with Crippen LogP contribution >= 0.6 is 17.8 Å². The standard InChI is InChI=1S/C76H92N4.2ClH.Sn/c1-69(2,3)49-33-45(34-50(41-49)70(4,5)6)65-57-25-27-59(77-57)66(46-35-51(71(7,8)9)42-52(36-46)72(10,11)12)61-29-31-63(79-61)68(48-39-55(75(19,20)21)44-56(40-48)76(22,23)24)64-32-30-62(80-64)67(60-28-26-58(65)78-60)47-37-53(73(13,14)15)43-54(38-47)74(16,17)18;;;/h25-44H,1-24H3;2*1H;/q-2;;;+4/p-2. The number of aliphatic imine (C=N–C) groups is 2. The van der Waals surface area contributed by atoms with E-state index in [2.05, 4.69) is 293 Å². The molecule has 7 heteroatoms. The molecule has 0 N–H and O–H groups in total. The predicted molar refractivity (Wildman–Crippen MR) is 362 cm³/mol. The van der Waals surface area contributed by atoms with Crippen LogP contribution in [0.2, 0.25) is 0 Å². The Morgan fingerprint density at radius 1 is 0.289 bits per heavy atom. The number of fused-ring (bicyclic) bond motifs is 2. The number of nitrogens with zero attached hydrogens (tertiary/aromatic N) is 4. The maximum absolute atomic E-state index is 9.15. The van der Waals surface area contributed by atoms with Crippen molar-refractivity contribution < 1.29 is 0 Å². The van der Waals surface area contributed by atoms with Gasteiger partial charge in [0.1, 0.15) is 0 Å². The fraction of sp³-hybridized carbons (Fsp3) is 0.421. The zero-order valence-corrected chi connectivity index (χ0v) is 59.0. The molecular weight excluding hydrogens is 1160 g/mol. The van der Waals surface area contributed by atoms with Crippen LogP contribution in [-0.4, -0.2) is 33.7 Å². The van der Waals surface area contributed by atoms with E-state index in [0.29, 0.717) is 0 Å². The molecule has 434 valence electrons. The number of hydrogen-bond acceptors (Lipinski definition) is 2. The van der Waals surface area contributed by atoms with Gasteiger partial charge in [0.05, 0.1) is 0 Å². The third kappa shape index (κ3) is 11.3. The van der Waals surface area contributed by atoms with Gasteiger partial charge in [0, 0.05) is 0 Å². The molecule has 4 aliphatic heterocycles. The monoisotopic (exact) mass is 1250 g/mol. The van der Waals surface area contributed by atoms with Gasteiger partial charge < -0.3 is 0 Å². The van der Waals surface area contributed by atoms with E-state index in [1.165, 1.54) is 44.5 Å². The number of hydrogen-bond donors (Lipinski definition) is 0. The van der Waals surface area contributed by atoms with Crippen molar-refractivity contribution in [2.75, 3.05) is 0 Å². The molecule has 0 radical (unpaired) electrons. The molecule has 4 aliphatic rings. The van der Waals surface area contributed by atoms with Crippen LogP contribution in [-0.2, 0) is 43.3 Å². The van der Waals surface area contributed by atoms with Gasteiger partial charge in [-0.05, 0) is 0 Å². The van der Waals surface area contributed by atoms with E-state index < -0.39 is 16.7 Å². The Kier molecular flexibility index (Phi) is 14.7. The first kappa shape index (κ1) is 61.0. The summed E-state index contributed by atoms with van der Waals surface area (Å²) in [5, 5.41) is 1.88. The van der Waals surface area contributed by atoms with E-state index in [1.54, 1.807) is 0 Å². The van der Waals surface area contributed by atoms with E-state index in [1.807, 2.05) is 0 Å². The normalized spacial score (nSPS) is 16.8. The summed E-state index contributed by atoms with van der Waals surface area (Å²) in [5.74, 6) is 0. The maximum atomic E-state index is 9.15. The van der Waals surface area contributed by atoms with Crippen molar-refractivity contribution in [1.29, 1.82) is 0 Å². The van der Waals surface area contributed by atoms with E-state index >= 15 is 0 Å². The third-order valence-electron chi connectivity index (χ3n) is 17.4. The average Bonchev–Trinajstić information content (AvgIpc) is 1.80. The number of aromatic nitrogens is 2. The molecule has 6 aromatic rings. The van der Waals surface area contributed by atoms with Gasteiger partial charge in [-0.15, -0.1) is 0 Å². The molecular formula is C76H92Cl2N4Sn. The zero-order chi connectivity index (χ0) is 61.1. The third-order valence-corrected chi connectivity index (χ3v) is 27.8. The molecule has 0 aliphatic carbocycles. The molecule has 0 saturated carbocycles. The first-order chi connectivity index (χ1) is 37.9. The van der Waals surface area contributed by atoms with Crippen LogP contribution in [0.15, 0.2) is 143 Å². The minimum absolute atomic E-state index is 0.156. The van der Waals surface area contributed by atoms with Crippen molar-refractivity contribution in [3.8, 4) is 0 Å². The van der Waals surface area contributed by atoms with Gasteiger partial charge in [0.15, 0.2) is 0 Å². The second-order valence-corrected chi connectivity index (χ2v) is 46.3. The Hall–Kier alpha value is -5.14. The fourth-order valence-electron chi connectivity index (χ4n) is 11.9. The van der Waals surface area contributed by atoms with Crippen molar-refractivity contribution in [3.63, 3.8) is 0 Å². The van der Waals surface area contributed by atoms with Crippen molar-refractivity contribution in [3.05, 3.63) is 222 Å². The molecule has 6 bridgehead atoms. The quantitative estimate of drug-likeness (QED) is 0.158. The SMILES string of the molecule is CC(C)(C)c1cc(C2=C3C=CC(=N3)C(c3cc(C(C)(C)C)cc(C(C)(C)C)c3)=c3ccc4[n]3[Sn]([Cl])([Cl])[n]3c2ccc3C(c2cc(C(C)(C)C)cc(C(C)(C)C)c2)=C2C=CC(=N2)C=4c2cc(C(C)(C)C)cc(C(C)(C)C)c2)cc(C(C)(C)C)c1. The van der Waals surface area contributed by atoms with Crippen molar-refractivity contribution in [2.45, 2.75) is 209 Å². The van der Waals surface area contributed by atoms with Crippen LogP contribution in [0.3, 0.4) is 0 Å². The first-order valence-corrected chi connectivity index (χ1v) is 40.0. The van der Waals surface area contributed by atoms with Gasteiger partial charge in [-0.2, -0.15) is 0 Å². The summed E-state index contributed by atoms with van der Waals surface area (Å²) in [6.45, 7) is 55.6. The molecule has 10 rings (SSSR count). The van der Waals surface area contributed by atoms with Gasteiger partial charge in [0.25, 0.3) is 0 Å². The molecule has 0 saturated heterocycles. The molecule has 0 unspecified atom stereocenters. The number of allylic oxidation sites excluding steroid dienone is 4. The van der Waals surface area contributed by atoms with Gasteiger partial charge in [-0.25, -0.2) is 0 Å². The molecule has 0 atom stereocenters. The topological polar surface area (TPSA) is 34.6 Å². The summed E-state index contributed by atoms with van der Waals surface area (Å²) in [7, 11) is 18.3. The molecule has 6 heterocycles. The molecule has 83 heavy (non-hydrogen) atoms. The summed E-state index contributed by atoms with van der Waals surface area (Å²) in [4.78, 5) is 11.9. The first-order valence-electron chi connectivity index (χ1n) is 30.2. The predicted octanol–water partition coefficient (Wildman–Crippen LogP) is 18.9. The number of rotatable bonds is 4. The Labute approximate surface area is 511 Å². The van der Waals surface area contributed by atoms with E-state index in [4.69, 9.17) is 27.8 Å². The van der Waals surface area contributed by atoms with Gasteiger partial charge in [-0.3, -0.25) is 0 Å². The minimum atomic E-state index is -5.46. The van der Waals surface area contributed by atoms with Crippen molar-refractivity contribution in [2.24, 2.45) is 9.98 Å². The summed E-state index contributed by atoms with van der Waals surface area (Å²) < 4.78 is 4.87. The van der Waals surface area contributed by atoms with Crippen LogP contribution in [0.1, 0.15) is 244 Å². The molecule has 4 nitrogen and oxygen atoms in total. The van der Waals surface area contributed by atoms with Crippen LogP contribution in [0.4, 0.5) is 0 Å². The van der Waals surface area contributed by atoms with Crippen LogP contribution in [0.5, 0.6) is 0 Å². The summed E-state index contributed by atoms with van der Waals surface area (Å²) in [6.07, 6.45) is 9.00. The summed E-state index contributed by atoms with van der Waals surface area (Å²) in [5.41, 5.74) is 22.5. The second kappa shape index (κ2) is 20.0. The van der Waals surface area contributed by atoms with E-state index in [-0.39, 0.29) is 43.3 Å². The van der Waals surface area contributed by atoms with Crippen LogP contribution < -0.4 is 10.7 Å². The van der Waals surface area contributed by atoms with Crippen LogP contribution in [0, 0.1) is 0 Å². The average molecular weight is 1250 g/mol. The second-order valence-electron chi connectivity index (χ2n) is 32.5. The van der Waals surface area contributed by atoms with Gasteiger partial charge in [0.2, 0.25) is 0 Å². The van der Waals surface area contributed by atoms with Crippen molar-refractivity contribution >= 4 is 68.2 Å². The molecule has 4 aromatic carbocycles. The van der Waals surface area contributed by atoms with Crippen LogP contribution in [0.25, 0.3) is 22.3 Å². The number of halogens is 2. The van der Waals surface area contributed by atoms with Gasteiger partial charge in [-0.1, -0.05) is 0 Å². The van der Waals surface area contributed by atoms with E-state index in [0.717, 1.165) is 89.4 Å². The molecule has 0 amide bonds. The summed E-state index contributed by atoms with van der Waals surface area (Å²) in [6, 6.07) is 38.1.